The molecule has 0 aliphatic heterocycles. The van der Waals surface area contributed by atoms with E-state index >= 15 is 0 Å². The topological polar surface area (TPSA) is 98.1 Å². The van der Waals surface area contributed by atoms with Gasteiger partial charge in [0, 0.05) is 12.6 Å². The van der Waals surface area contributed by atoms with E-state index in [0.29, 0.717) is 5.56 Å². The van der Waals surface area contributed by atoms with E-state index in [9.17, 15) is 9.18 Å². The second kappa shape index (κ2) is 6.45. The molecule has 0 spiro atoms. The quantitative estimate of drug-likeness (QED) is 0.788. The summed E-state index contributed by atoms with van der Waals surface area (Å²) in [6.07, 6.45) is 2.31. The number of halogens is 1. The zero-order valence-electron chi connectivity index (χ0n) is 12.8. The maximum absolute atomic E-state index is 13.8. The van der Waals surface area contributed by atoms with E-state index in [0.717, 1.165) is 6.20 Å². The Morgan fingerprint density at radius 1 is 1.29 bits per heavy atom. The summed E-state index contributed by atoms with van der Waals surface area (Å²) < 4.78 is 18.9. The van der Waals surface area contributed by atoms with Crippen LogP contribution in [0.15, 0.2) is 47.2 Å². The molecular weight excluding hydrogens is 313 g/mol. The molecule has 0 unspecified atom stereocenters. The van der Waals surface area contributed by atoms with Gasteiger partial charge in [-0.15, -0.1) is 0 Å². The van der Waals surface area contributed by atoms with E-state index in [-0.39, 0.29) is 35.4 Å². The van der Waals surface area contributed by atoms with Crippen molar-refractivity contribution in [2.75, 3.05) is 12.8 Å². The highest BCUT2D eigenvalue weighted by Gasteiger charge is 2.19. The summed E-state index contributed by atoms with van der Waals surface area (Å²) in [6.45, 7) is 0.115. The Labute approximate surface area is 136 Å². The van der Waals surface area contributed by atoms with Gasteiger partial charge in [-0.1, -0.05) is 23.4 Å². The smallest absolute Gasteiger partial charge is 0.263 e. The molecule has 7 nitrogen and oxygen atoms in total. The number of hydrogen-bond acceptors (Lipinski definition) is 6. The van der Waals surface area contributed by atoms with Crippen LogP contribution in [0.5, 0.6) is 0 Å². The van der Waals surface area contributed by atoms with Gasteiger partial charge in [0.1, 0.15) is 5.56 Å². The third kappa shape index (κ3) is 3.07. The Hall–Kier alpha value is -3.29. The lowest BCUT2D eigenvalue weighted by atomic mass is 10.2. The molecule has 122 valence electrons. The van der Waals surface area contributed by atoms with Gasteiger partial charge in [-0.05, 0) is 12.1 Å². The number of benzene rings is 1. The molecule has 0 bridgehead atoms. The maximum Gasteiger partial charge on any atom is 0.263 e. The van der Waals surface area contributed by atoms with Gasteiger partial charge in [0.05, 0.1) is 24.6 Å². The largest absolute Gasteiger partial charge is 0.397 e. The van der Waals surface area contributed by atoms with Gasteiger partial charge in [-0.25, -0.2) is 4.39 Å². The second-order valence-electron chi connectivity index (χ2n) is 5.13. The number of amides is 1. The molecule has 0 fully saturated rings. The van der Waals surface area contributed by atoms with Crippen LogP contribution in [0.3, 0.4) is 0 Å². The molecule has 1 aromatic carbocycles. The Kier molecular flexibility index (Phi) is 4.19. The third-order valence-corrected chi connectivity index (χ3v) is 3.36. The van der Waals surface area contributed by atoms with Crippen molar-refractivity contribution in [3.8, 4) is 11.5 Å². The molecule has 3 aromatic rings. The van der Waals surface area contributed by atoms with Crippen LogP contribution in [0.2, 0.25) is 0 Å². The number of hydrogen-bond donors (Lipinski definition) is 1. The molecule has 24 heavy (non-hydrogen) atoms. The summed E-state index contributed by atoms with van der Waals surface area (Å²) in [5.41, 5.74) is 6.34. The first-order valence-electron chi connectivity index (χ1n) is 7.08. The number of nitrogens with two attached hydrogens (primary N) is 1. The summed E-state index contributed by atoms with van der Waals surface area (Å²) in [4.78, 5) is 21.5. The SMILES string of the molecule is CN(Cc1noc(-c2c(N)cncc2F)n1)C(=O)c1ccccc1. The van der Waals surface area contributed by atoms with Gasteiger partial charge < -0.3 is 15.2 Å². The van der Waals surface area contributed by atoms with Crippen molar-refractivity contribution in [1.29, 1.82) is 0 Å². The van der Waals surface area contributed by atoms with Crippen LogP contribution in [0.4, 0.5) is 10.1 Å². The molecule has 8 heteroatoms. The first kappa shape index (κ1) is 15.6. The van der Waals surface area contributed by atoms with Crippen LogP contribution < -0.4 is 5.73 Å². The van der Waals surface area contributed by atoms with Crippen LogP contribution in [-0.4, -0.2) is 33.0 Å². The minimum atomic E-state index is -0.654. The van der Waals surface area contributed by atoms with E-state index in [2.05, 4.69) is 15.1 Å². The van der Waals surface area contributed by atoms with Crippen molar-refractivity contribution < 1.29 is 13.7 Å². The summed E-state index contributed by atoms with van der Waals surface area (Å²) in [5, 5.41) is 3.77. The number of rotatable bonds is 4. The van der Waals surface area contributed by atoms with Crippen molar-refractivity contribution >= 4 is 11.6 Å². The number of aromatic nitrogens is 3. The lowest BCUT2D eigenvalue weighted by Crippen LogP contribution is -2.26. The zero-order chi connectivity index (χ0) is 17.1. The number of carbonyl (C=O) groups is 1. The number of nitrogen functional groups attached to an aromatic ring is 1. The Balaban J connectivity index is 1.78. The van der Waals surface area contributed by atoms with E-state index in [1.54, 1.807) is 31.3 Å². The number of carbonyl (C=O) groups excluding carboxylic acids is 1. The Morgan fingerprint density at radius 3 is 2.75 bits per heavy atom. The molecule has 0 atom stereocenters. The van der Waals surface area contributed by atoms with Crippen molar-refractivity contribution in [3.05, 3.63) is 59.9 Å². The molecule has 2 heterocycles. The van der Waals surface area contributed by atoms with E-state index in [4.69, 9.17) is 10.3 Å². The van der Waals surface area contributed by atoms with E-state index < -0.39 is 5.82 Å². The van der Waals surface area contributed by atoms with Crippen LogP contribution in [0, 0.1) is 5.82 Å². The molecule has 2 aromatic heterocycles. The molecule has 0 radical (unpaired) electrons. The molecule has 0 aliphatic rings. The maximum atomic E-state index is 13.8. The fourth-order valence-electron chi connectivity index (χ4n) is 2.18. The molecule has 1 amide bonds. The average molecular weight is 327 g/mol. The molecule has 3 rings (SSSR count). The predicted molar refractivity (Wildman–Crippen MR) is 84.1 cm³/mol. The first-order chi connectivity index (χ1) is 11.6. The van der Waals surface area contributed by atoms with Gasteiger partial charge in [0.15, 0.2) is 11.6 Å². The first-order valence-corrected chi connectivity index (χ1v) is 7.08. The minimum Gasteiger partial charge on any atom is -0.397 e. The van der Waals surface area contributed by atoms with Crippen molar-refractivity contribution in [2.45, 2.75) is 6.54 Å². The lowest BCUT2D eigenvalue weighted by Gasteiger charge is -2.14. The Bertz CT molecular complexity index is 846. The van der Waals surface area contributed by atoms with Gasteiger partial charge in [0.25, 0.3) is 11.8 Å². The highest BCUT2D eigenvalue weighted by molar-refractivity contribution is 5.93. The summed E-state index contributed by atoms with van der Waals surface area (Å²) in [7, 11) is 1.62. The number of anilines is 1. The average Bonchev–Trinajstić information content (AvgIpc) is 3.03. The summed E-state index contributed by atoms with van der Waals surface area (Å²) in [6, 6.07) is 8.82. The fraction of sp³-hybridized carbons (Fsp3) is 0.125. The van der Waals surface area contributed by atoms with Crippen LogP contribution in [0.25, 0.3) is 11.5 Å². The molecular formula is C16H14FN5O2. The standard InChI is InChI=1S/C16H14FN5O2/c1-22(16(23)10-5-3-2-4-6-10)9-13-20-15(24-21-13)14-11(17)7-19-8-12(14)18/h2-8H,9,18H2,1H3. The normalized spacial score (nSPS) is 10.6. The monoisotopic (exact) mass is 327 g/mol. The number of pyridine rings is 1. The van der Waals surface area contributed by atoms with Crippen molar-refractivity contribution in [1.82, 2.24) is 20.0 Å². The van der Waals surface area contributed by atoms with Gasteiger partial charge >= 0.3 is 0 Å². The van der Waals surface area contributed by atoms with Crippen LogP contribution >= 0.6 is 0 Å². The van der Waals surface area contributed by atoms with Crippen molar-refractivity contribution in [2.24, 2.45) is 0 Å². The predicted octanol–water partition coefficient (Wildman–Crippen LogP) is 2.13. The van der Waals surface area contributed by atoms with Gasteiger partial charge in [-0.2, -0.15) is 4.98 Å². The highest BCUT2D eigenvalue weighted by Crippen LogP contribution is 2.26. The van der Waals surface area contributed by atoms with Gasteiger partial charge in [0.2, 0.25) is 0 Å². The second-order valence-corrected chi connectivity index (χ2v) is 5.13. The van der Waals surface area contributed by atoms with Crippen LogP contribution in [0.1, 0.15) is 16.2 Å². The minimum absolute atomic E-state index is 0.000731. The van der Waals surface area contributed by atoms with E-state index in [1.807, 2.05) is 6.07 Å². The van der Waals surface area contributed by atoms with Crippen LogP contribution in [-0.2, 0) is 6.54 Å². The third-order valence-electron chi connectivity index (χ3n) is 3.36. The zero-order valence-corrected chi connectivity index (χ0v) is 12.8. The summed E-state index contributed by atoms with van der Waals surface area (Å²) >= 11 is 0. The molecule has 0 saturated carbocycles. The van der Waals surface area contributed by atoms with Gasteiger partial charge in [-0.3, -0.25) is 9.78 Å². The van der Waals surface area contributed by atoms with Crippen molar-refractivity contribution in [3.63, 3.8) is 0 Å². The lowest BCUT2D eigenvalue weighted by molar-refractivity contribution is 0.0780. The number of nitrogens with zero attached hydrogens (tertiary/aromatic N) is 4. The Morgan fingerprint density at radius 2 is 2.04 bits per heavy atom. The fourth-order valence-corrected chi connectivity index (χ4v) is 2.18. The molecule has 2 N–H and O–H groups in total. The summed E-state index contributed by atoms with van der Waals surface area (Å²) in [5.74, 6) is -0.647. The molecule has 0 aliphatic carbocycles. The highest BCUT2D eigenvalue weighted by atomic mass is 19.1. The van der Waals surface area contributed by atoms with E-state index in [1.165, 1.54) is 11.1 Å². The molecule has 0 saturated heterocycles.